The first-order chi connectivity index (χ1) is 10.2. The molecule has 1 aliphatic rings. The van der Waals surface area contributed by atoms with Crippen LogP contribution in [0.25, 0.3) is 6.08 Å². The molecule has 1 N–H and O–H groups in total. The van der Waals surface area contributed by atoms with Gasteiger partial charge in [-0.05, 0) is 17.4 Å². The molecule has 0 unspecified atom stereocenters. The van der Waals surface area contributed by atoms with Gasteiger partial charge in [0.25, 0.3) is 5.91 Å². The van der Waals surface area contributed by atoms with E-state index in [9.17, 15) is 4.79 Å². The van der Waals surface area contributed by atoms with E-state index >= 15 is 0 Å². The predicted molar refractivity (Wildman–Crippen MR) is 76.4 cm³/mol. The molecule has 0 saturated heterocycles. The Morgan fingerprint density at radius 1 is 1.38 bits per heavy atom. The van der Waals surface area contributed by atoms with E-state index in [1.54, 1.807) is 30.6 Å². The summed E-state index contributed by atoms with van der Waals surface area (Å²) in [5, 5.41) is 10.1. The van der Waals surface area contributed by atoms with E-state index in [2.05, 4.69) is 20.0 Å². The monoisotopic (exact) mass is 297 g/mol. The normalized spacial score (nSPS) is 14.2. The minimum Gasteiger partial charge on any atom is -0.342 e. The Morgan fingerprint density at radius 2 is 2.24 bits per heavy atom. The molecule has 0 spiro atoms. The Bertz CT molecular complexity index is 906. The number of aromatic nitrogens is 2. The van der Waals surface area contributed by atoms with Gasteiger partial charge < -0.3 is 4.98 Å². The second-order valence-electron chi connectivity index (χ2n) is 4.25. The lowest BCUT2D eigenvalue weighted by molar-refractivity contribution is 0.1000. The van der Waals surface area contributed by atoms with Crippen molar-refractivity contribution in [2.45, 2.75) is 6.42 Å². The number of halogens is 1. The van der Waals surface area contributed by atoms with Gasteiger partial charge in [-0.2, -0.15) is 10.3 Å². The van der Waals surface area contributed by atoms with Crippen LogP contribution in [-0.2, 0) is 0 Å². The second-order valence-corrected chi connectivity index (χ2v) is 4.65. The number of carbonyl (C=O) groups is 1. The van der Waals surface area contributed by atoms with Crippen molar-refractivity contribution in [2.24, 2.45) is 9.98 Å². The third-order valence-electron chi connectivity index (χ3n) is 2.90. The first-order valence-corrected chi connectivity index (χ1v) is 6.45. The average Bonchev–Trinajstić information content (AvgIpc) is 2.99. The molecule has 102 valence electrons. The molecular formula is C14H8ClN5O. The number of amides is 1. The Morgan fingerprint density at radius 3 is 2.95 bits per heavy atom. The van der Waals surface area contributed by atoms with Crippen LogP contribution in [0.15, 0.2) is 34.5 Å². The maximum Gasteiger partial charge on any atom is 0.281 e. The predicted octanol–water partition coefficient (Wildman–Crippen LogP) is 0.977. The van der Waals surface area contributed by atoms with Crippen molar-refractivity contribution in [3.05, 3.63) is 51.5 Å². The largest absolute Gasteiger partial charge is 0.342 e. The Labute approximate surface area is 124 Å². The molecular weight excluding hydrogens is 290 g/mol. The number of carbonyl (C=O) groups excluding carboxylic acids is 1. The molecule has 0 bridgehead atoms. The number of benzene rings is 1. The van der Waals surface area contributed by atoms with Crippen LogP contribution in [0.2, 0.25) is 5.02 Å². The topological polar surface area (TPSA) is 94.3 Å². The molecule has 1 amide bonds. The van der Waals surface area contributed by atoms with Gasteiger partial charge in [0.1, 0.15) is 0 Å². The van der Waals surface area contributed by atoms with E-state index in [-0.39, 0.29) is 12.3 Å². The maximum absolute atomic E-state index is 12.1. The van der Waals surface area contributed by atoms with E-state index in [4.69, 9.17) is 16.9 Å². The summed E-state index contributed by atoms with van der Waals surface area (Å²) >= 11 is 6.14. The van der Waals surface area contributed by atoms with Gasteiger partial charge in [0.2, 0.25) is 0 Å². The maximum atomic E-state index is 12.1. The van der Waals surface area contributed by atoms with Crippen molar-refractivity contribution in [3.63, 3.8) is 0 Å². The number of hydrogen-bond donors (Lipinski definition) is 1. The quantitative estimate of drug-likeness (QED) is 0.895. The van der Waals surface area contributed by atoms with Gasteiger partial charge >= 0.3 is 0 Å². The van der Waals surface area contributed by atoms with Crippen LogP contribution in [0.5, 0.6) is 0 Å². The van der Waals surface area contributed by atoms with E-state index in [1.807, 2.05) is 6.07 Å². The lowest BCUT2D eigenvalue weighted by Crippen LogP contribution is -2.26. The van der Waals surface area contributed by atoms with Crippen molar-refractivity contribution < 1.29 is 4.79 Å². The number of H-pyrrole nitrogens is 1. The lowest BCUT2D eigenvalue weighted by atomic mass is 10.1. The fraction of sp³-hybridized carbons (Fsp3) is 0.0714. The molecule has 21 heavy (non-hydrogen) atoms. The number of aliphatic imine (C=N–C) groups is 1. The molecule has 1 aromatic heterocycles. The minimum atomic E-state index is -0.408. The first-order valence-electron chi connectivity index (χ1n) is 6.07. The van der Waals surface area contributed by atoms with Crippen molar-refractivity contribution in [3.8, 4) is 6.07 Å². The third-order valence-corrected chi connectivity index (χ3v) is 3.23. The zero-order valence-electron chi connectivity index (χ0n) is 10.7. The van der Waals surface area contributed by atoms with Crippen LogP contribution in [0, 0.1) is 11.3 Å². The van der Waals surface area contributed by atoms with Gasteiger partial charge in [0.15, 0.2) is 11.7 Å². The molecule has 6 nitrogen and oxygen atoms in total. The van der Waals surface area contributed by atoms with Gasteiger partial charge in [-0.3, -0.25) is 4.79 Å². The highest BCUT2D eigenvalue weighted by Crippen LogP contribution is 2.07. The van der Waals surface area contributed by atoms with Gasteiger partial charge in [-0.25, -0.2) is 9.98 Å². The number of nitrogens with one attached hydrogen (secondary N) is 1. The summed E-state index contributed by atoms with van der Waals surface area (Å²) in [6, 6.07) is 5.19. The molecule has 1 aromatic carbocycles. The minimum absolute atomic E-state index is 0.213. The van der Waals surface area contributed by atoms with Crippen LogP contribution < -0.4 is 10.6 Å². The third kappa shape index (κ3) is 2.47. The summed E-state index contributed by atoms with van der Waals surface area (Å²) in [6.07, 6.45) is 5.05. The molecule has 0 aliphatic carbocycles. The zero-order valence-corrected chi connectivity index (χ0v) is 11.4. The molecule has 0 atom stereocenters. The number of nitrogens with zero attached hydrogens (tertiary/aromatic N) is 4. The molecule has 3 rings (SSSR count). The molecule has 0 radical (unpaired) electrons. The summed E-state index contributed by atoms with van der Waals surface area (Å²) in [7, 11) is 0. The number of rotatable bonds is 2. The van der Waals surface area contributed by atoms with Crippen LogP contribution in [0.4, 0.5) is 0 Å². The fourth-order valence-electron chi connectivity index (χ4n) is 1.94. The number of amidine groups is 1. The Hall–Kier alpha value is -2.78. The second kappa shape index (κ2) is 5.31. The summed E-state index contributed by atoms with van der Waals surface area (Å²) in [4.78, 5) is 27.2. The number of fused-ring (bicyclic) bond motifs is 1. The number of hydrogen-bond acceptors (Lipinski definition) is 4. The van der Waals surface area contributed by atoms with Crippen molar-refractivity contribution in [1.82, 2.24) is 9.97 Å². The zero-order chi connectivity index (χ0) is 14.8. The van der Waals surface area contributed by atoms with Crippen LogP contribution in [-0.4, -0.2) is 21.7 Å². The molecule has 7 heteroatoms. The van der Waals surface area contributed by atoms with Crippen molar-refractivity contribution in [1.29, 1.82) is 5.26 Å². The average molecular weight is 298 g/mol. The van der Waals surface area contributed by atoms with E-state index in [1.165, 1.54) is 0 Å². The number of imidazole rings is 1. The summed E-state index contributed by atoms with van der Waals surface area (Å²) in [5.41, 5.74) is 0.360. The summed E-state index contributed by atoms with van der Waals surface area (Å²) < 4.78 is 0. The van der Waals surface area contributed by atoms with E-state index in [0.29, 0.717) is 27.0 Å². The fourth-order valence-corrected chi connectivity index (χ4v) is 2.18. The SMILES string of the molecule is N#CCC=c1cc2c(cc1Cl)=NC(c1ncc[nH]1)=NC2=O. The molecule has 2 aromatic rings. The van der Waals surface area contributed by atoms with Gasteiger partial charge in [-0.1, -0.05) is 17.7 Å². The van der Waals surface area contributed by atoms with Crippen LogP contribution in [0.1, 0.15) is 22.6 Å². The first kappa shape index (κ1) is 13.2. The molecule has 0 saturated carbocycles. The Kier molecular flexibility index (Phi) is 3.34. The van der Waals surface area contributed by atoms with Gasteiger partial charge in [0, 0.05) is 17.4 Å². The van der Waals surface area contributed by atoms with Gasteiger partial charge in [-0.15, -0.1) is 0 Å². The van der Waals surface area contributed by atoms with Gasteiger partial charge in [0.05, 0.1) is 23.4 Å². The molecule has 1 aliphatic heterocycles. The number of nitriles is 1. The van der Waals surface area contributed by atoms with Crippen LogP contribution >= 0.6 is 11.6 Å². The van der Waals surface area contributed by atoms with Crippen molar-refractivity contribution in [2.75, 3.05) is 0 Å². The molecule has 0 fully saturated rings. The van der Waals surface area contributed by atoms with Crippen molar-refractivity contribution >= 4 is 29.4 Å². The lowest BCUT2D eigenvalue weighted by Gasteiger charge is -2.06. The highest BCUT2D eigenvalue weighted by atomic mass is 35.5. The number of aromatic amines is 1. The van der Waals surface area contributed by atoms with E-state index in [0.717, 1.165) is 0 Å². The van der Waals surface area contributed by atoms with E-state index < -0.39 is 5.91 Å². The summed E-state index contributed by atoms with van der Waals surface area (Å²) in [5.74, 6) is 0.238. The Balaban J connectivity index is 2.17. The standard InChI is InChI=1S/C14H8ClN5O/c15-10-7-11-9(6-8(10)2-1-3-16)14(21)20-13(19-11)12-17-4-5-18-12/h2,4-7H,1H2,(H,17,18). The van der Waals surface area contributed by atoms with Crippen LogP contribution in [0.3, 0.4) is 0 Å². The smallest absolute Gasteiger partial charge is 0.281 e. The molecule has 2 heterocycles. The summed E-state index contributed by atoms with van der Waals surface area (Å²) in [6.45, 7) is 0. The highest BCUT2D eigenvalue weighted by Gasteiger charge is 2.18. The highest BCUT2D eigenvalue weighted by molar-refractivity contribution is 6.30.